The van der Waals surface area contributed by atoms with Crippen LogP contribution in [0.2, 0.25) is 0 Å². The van der Waals surface area contributed by atoms with Gasteiger partial charge in [-0.05, 0) is 12.8 Å². The Balaban J connectivity index is 1.54. The average Bonchev–Trinajstić information content (AvgIpc) is 3.15. The Morgan fingerprint density at radius 2 is 2.12 bits per heavy atom. The number of carbonyl (C=O) groups is 2. The minimum atomic E-state index is -0.114. The van der Waals surface area contributed by atoms with E-state index in [1.165, 1.54) is 0 Å². The summed E-state index contributed by atoms with van der Waals surface area (Å²) in [6, 6.07) is 10.0. The molecule has 1 saturated heterocycles. The van der Waals surface area contributed by atoms with Crippen molar-refractivity contribution in [1.82, 2.24) is 15.2 Å². The van der Waals surface area contributed by atoms with Gasteiger partial charge in [-0.25, -0.2) is 4.98 Å². The first kappa shape index (κ1) is 17.6. The highest BCUT2D eigenvalue weighted by molar-refractivity contribution is 7.13. The summed E-state index contributed by atoms with van der Waals surface area (Å²) in [6.07, 6.45) is 2.22. The van der Waals surface area contributed by atoms with Crippen LogP contribution in [0.15, 0.2) is 35.7 Å². The minimum absolute atomic E-state index is 0.0165. The second-order valence-corrected chi connectivity index (χ2v) is 7.12. The molecule has 0 saturated carbocycles. The minimum Gasteiger partial charge on any atom is -0.350 e. The molecule has 0 aliphatic carbocycles. The van der Waals surface area contributed by atoms with E-state index in [-0.39, 0.29) is 17.7 Å². The fourth-order valence-corrected chi connectivity index (χ4v) is 3.89. The molecular weight excluding hydrogens is 334 g/mol. The molecule has 1 atom stereocenters. The van der Waals surface area contributed by atoms with Crippen molar-refractivity contribution in [3.63, 3.8) is 0 Å². The van der Waals surface area contributed by atoms with Crippen molar-refractivity contribution < 1.29 is 9.59 Å². The fourth-order valence-electron chi connectivity index (χ4n) is 3.06. The van der Waals surface area contributed by atoms with E-state index in [1.54, 1.807) is 11.3 Å². The Morgan fingerprint density at radius 3 is 2.88 bits per heavy atom. The molecule has 132 valence electrons. The monoisotopic (exact) mass is 357 g/mol. The van der Waals surface area contributed by atoms with Crippen molar-refractivity contribution in [2.24, 2.45) is 5.92 Å². The molecule has 1 fully saturated rings. The zero-order chi connectivity index (χ0) is 17.6. The van der Waals surface area contributed by atoms with Crippen LogP contribution in [0.1, 0.15) is 31.9 Å². The SMILES string of the molecule is CCC(=O)N1CCCC(C(=O)NCc2csc(-c3ccccc3)n2)C1. The zero-order valence-corrected chi connectivity index (χ0v) is 15.2. The third-order valence-electron chi connectivity index (χ3n) is 4.46. The van der Waals surface area contributed by atoms with Gasteiger partial charge >= 0.3 is 0 Å². The number of thiazole rings is 1. The molecule has 3 rings (SSSR count). The standard InChI is InChI=1S/C19H23N3O2S/c1-2-17(23)22-10-6-9-15(12-22)18(24)20-11-16-13-25-19(21-16)14-7-4-3-5-8-14/h3-5,7-8,13,15H,2,6,9-12H2,1H3,(H,20,24). The van der Waals surface area contributed by atoms with Crippen molar-refractivity contribution in [3.05, 3.63) is 41.4 Å². The molecule has 1 aromatic carbocycles. The highest BCUT2D eigenvalue weighted by atomic mass is 32.1. The number of carbonyl (C=O) groups excluding carboxylic acids is 2. The van der Waals surface area contributed by atoms with Crippen molar-refractivity contribution in [1.29, 1.82) is 0 Å². The molecule has 6 heteroatoms. The van der Waals surface area contributed by atoms with Crippen molar-refractivity contribution >= 4 is 23.2 Å². The molecular formula is C19H23N3O2S. The van der Waals surface area contributed by atoms with Crippen LogP contribution in [0.5, 0.6) is 0 Å². The molecule has 1 unspecified atom stereocenters. The van der Waals surface area contributed by atoms with Gasteiger partial charge in [0.1, 0.15) is 5.01 Å². The number of hydrogen-bond donors (Lipinski definition) is 1. The van der Waals surface area contributed by atoms with Crippen LogP contribution >= 0.6 is 11.3 Å². The summed E-state index contributed by atoms with van der Waals surface area (Å²) in [5.41, 5.74) is 1.96. The zero-order valence-electron chi connectivity index (χ0n) is 14.4. The molecule has 2 amide bonds. The highest BCUT2D eigenvalue weighted by Crippen LogP contribution is 2.23. The van der Waals surface area contributed by atoms with Gasteiger partial charge in [0, 0.05) is 30.5 Å². The second kappa shape index (κ2) is 8.25. The lowest BCUT2D eigenvalue weighted by atomic mass is 9.97. The maximum Gasteiger partial charge on any atom is 0.225 e. The van der Waals surface area contributed by atoms with Gasteiger partial charge in [-0.15, -0.1) is 11.3 Å². The Bertz CT molecular complexity index is 729. The van der Waals surface area contributed by atoms with Crippen LogP contribution in [-0.2, 0) is 16.1 Å². The van der Waals surface area contributed by atoms with Gasteiger partial charge in [0.05, 0.1) is 18.2 Å². The molecule has 5 nitrogen and oxygen atoms in total. The first-order valence-electron chi connectivity index (χ1n) is 8.72. The van der Waals surface area contributed by atoms with Gasteiger partial charge in [0.25, 0.3) is 0 Å². The topological polar surface area (TPSA) is 62.3 Å². The van der Waals surface area contributed by atoms with Crippen LogP contribution < -0.4 is 5.32 Å². The van der Waals surface area contributed by atoms with Gasteiger partial charge in [0.2, 0.25) is 11.8 Å². The predicted octanol–water partition coefficient (Wildman–Crippen LogP) is 3.07. The summed E-state index contributed by atoms with van der Waals surface area (Å²) >= 11 is 1.58. The summed E-state index contributed by atoms with van der Waals surface area (Å²) < 4.78 is 0. The summed E-state index contributed by atoms with van der Waals surface area (Å²) in [4.78, 5) is 30.7. The van der Waals surface area contributed by atoms with E-state index < -0.39 is 0 Å². The first-order valence-corrected chi connectivity index (χ1v) is 9.60. The normalized spacial score (nSPS) is 17.3. The highest BCUT2D eigenvalue weighted by Gasteiger charge is 2.27. The number of hydrogen-bond acceptors (Lipinski definition) is 4. The van der Waals surface area contributed by atoms with Gasteiger partial charge in [0.15, 0.2) is 0 Å². The number of aromatic nitrogens is 1. The van der Waals surface area contributed by atoms with Crippen LogP contribution in [0.3, 0.4) is 0 Å². The summed E-state index contributed by atoms with van der Waals surface area (Å²) in [5, 5.41) is 5.92. The van der Waals surface area contributed by atoms with E-state index in [0.29, 0.717) is 19.5 Å². The molecule has 1 aliphatic heterocycles. The Labute approximate surface area is 152 Å². The quantitative estimate of drug-likeness (QED) is 0.894. The number of nitrogens with zero attached hydrogens (tertiary/aromatic N) is 2. The molecule has 1 aromatic heterocycles. The third kappa shape index (κ3) is 4.45. The first-order chi connectivity index (χ1) is 12.2. The maximum absolute atomic E-state index is 12.4. The number of likely N-dealkylation sites (tertiary alicyclic amines) is 1. The van der Waals surface area contributed by atoms with E-state index in [4.69, 9.17) is 0 Å². The molecule has 0 spiro atoms. The molecule has 0 radical (unpaired) electrons. The maximum atomic E-state index is 12.4. The van der Waals surface area contributed by atoms with E-state index in [2.05, 4.69) is 10.3 Å². The van der Waals surface area contributed by atoms with Gasteiger partial charge in [-0.2, -0.15) is 0 Å². The van der Waals surface area contributed by atoms with E-state index in [9.17, 15) is 9.59 Å². The number of piperidine rings is 1. The molecule has 1 N–H and O–H groups in total. The lowest BCUT2D eigenvalue weighted by molar-refractivity contribution is -0.135. The molecule has 2 heterocycles. The molecule has 1 aliphatic rings. The van der Waals surface area contributed by atoms with Crippen molar-refractivity contribution in [2.75, 3.05) is 13.1 Å². The van der Waals surface area contributed by atoms with Crippen LogP contribution in [0.4, 0.5) is 0 Å². The molecule has 2 aromatic rings. The lowest BCUT2D eigenvalue weighted by Crippen LogP contribution is -2.45. The lowest BCUT2D eigenvalue weighted by Gasteiger charge is -2.31. The van der Waals surface area contributed by atoms with Crippen LogP contribution in [0, 0.1) is 5.92 Å². The van der Waals surface area contributed by atoms with Crippen LogP contribution in [0.25, 0.3) is 10.6 Å². The number of benzene rings is 1. The van der Waals surface area contributed by atoms with Gasteiger partial charge < -0.3 is 10.2 Å². The smallest absolute Gasteiger partial charge is 0.225 e. The van der Waals surface area contributed by atoms with Gasteiger partial charge in [-0.3, -0.25) is 9.59 Å². The number of amides is 2. The van der Waals surface area contributed by atoms with Gasteiger partial charge in [-0.1, -0.05) is 37.3 Å². The number of rotatable bonds is 5. The van der Waals surface area contributed by atoms with Crippen molar-refractivity contribution in [3.8, 4) is 10.6 Å². The Morgan fingerprint density at radius 1 is 1.32 bits per heavy atom. The molecule has 25 heavy (non-hydrogen) atoms. The van der Waals surface area contributed by atoms with Crippen LogP contribution in [-0.4, -0.2) is 34.8 Å². The van der Waals surface area contributed by atoms with E-state index in [1.807, 2.05) is 47.5 Å². The van der Waals surface area contributed by atoms with E-state index >= 15 is 0 Å². The third-order valence-corrected chi connectivity index (χ3v) is 5.40. The summed E-state index contributed by atoms with van der Waals surface area (Å²) in [5.74, 6) is 0.0313. The Kier molecular flexibility index (Phi) is 5.81. The summed E-state index contributed by atoms with van der Waals surface area (Å²) in [7, 11) is 0. The van der Waals surface area contributed by atoms with E-state index in [0.717, 1.165) is 35.7 Å². The summed E-state index contributed by atoms with van der Waals surface area (Å²) in [6.45, 7) is 3.59. The second-order valence-electron chi connectivity index (χ2n) is 6.26. The fraction of sp³-hybridized carbons (Fsp3) is 0.421. The largest absolute Gasteiger partial charge is 0.350 e. The predicted molar refractivity (Wildman–Crippen MR) is 99.0 cm³/mol. The average molecular weight is 357 g/mol. The van der Waals surface area contributed by atoms with Crippen molar-refractivity contribution in [2.45, 2.75) is 32.7 Å². The molecule has 0 bridgehead atoms. The number of nitrogens with one attached hydrogen (secondary N) is 1. The Hall–Kier alpha value is -2.21.